The molecule has 3 N–H and O–H groups in total. The molecular formula is C23H35N7O2. The van der Waals surface area contributed by atoms with Crippen molar-refractivity contribution >= 4 is 5.96 Å². The van der Waals surface area contributed by atoms with Crippen LogP contribution in [0.4, 0.5) is 0 Å². The smallest absolute Gasteiger partial charge is 0.191 e. The number of aliphatic hydroxyl groups excluding tert-OH is 1. The van der Waals surface area contributed by atoms with Gasteiger partial charge in [0.15, 0.2) is 11.8 Å². The number of aliphatic imine (C=N–C) groups is 1. The Labute approximate surface area is 189 Å². The fourth-order valence-corrected chi connectivity index (χ4v) is 4.44. The zero-order valence-corrected chi connectivity index (χ0v) is 19.1. The van der Waals surface area contributed by atoms with Crippen molar-refractivity contribution in [3.63, 3.8) is 0 Å². The van der Waals surface area contributed by atoms with Crippen LogP contribution < -0.4 is 10.6 Å². The lowest BCUT2D eigenvalue weighted by Crippen LogP contribution is -2.47. The van der Waals surface area contributed by atoms with Gasteiger partial charge in [0, 0.05) is 45.8 Å². The molecule has 9 heteroatoms. The van der Waals surface area contributed by atoms with Crippen LogP contribution in [0, 0.1) is 0 Å². The maximum Gasteiger partial charge on any atom is 0.191 e. The average Bonchev–Trinajstić information content (AvgIpc) is 3.19. The number of fused-ring (bicyclic) bond motifs is 2. The van der Waals surface area contributed by atoms with Crippen molar-refractivity contribution in [2.75, 3.05) is 33.3 Å². The van der Waals surface area contributed by atoms with E-state index < -0.39 is 6.10 Å². The van der Waals surface area contributed by atoms with E-state index >= 15 is 0 Å². The zero-order chi connectivity index (χ0) is 22.3. The summed E-state index contributed by atoms with van der Waals surface area (Å²) in [5, 5.41) is 22.0. The minimum Gasteiger partial charge on any atom is -0.390 e. The molecule has 0 radical (unpaired) electrons. The summed E-state index contributed by atoms with van der Waals surface area (Å²) in [5.74, 6) is 2.48. The second kappa shape index (κ2) is 10.9. The summed E-state index contributed by atoms with van der Waals surface area (Å²) in [6.07, 6.45) is 2.37. The number of ether oxygens (including phenoxy) is 1. The van der Waals surface area contributed by atoms with E-state index in [-0.39, 0.29) is 6.04 Å². The van der Waals surface area contributed by atoms with Crippen molar-refractivity contribution in [2.45, 2.75) is 58.0 Å². The number of nitrogens with zero attached hydrogens (tertiary/aromatic N) is 5. The Morgan fingerprint density at radius 2 is 2.16 bits per heavy atom. The summed E-state index contributed by atoms with van der Waals surface area (Å²) in [7, 11) is 1.65. The summed E-state index contributed by atoms with van der Waals surface area (Å²) in [6, 6.07) is 8.79. The number of aryl methyl sites for hydroxylation is 1. The number of hydrogen-bond donors (Lipinski definition) is 3. The third kappa shape index (κ3) is 5.85. The van der Waals surface area contributed by atoms with Gasteiger partial charge >= 0.3 is 0 Å². The Morgan fingerprint density at radius 1 is 1.31 bits per heavy atom. The number of β-amino-alcohol motifs (C(OH)–C–C–N with tert-alkyl or cyclic N) is 1. The highest BCUT2D eigenvalue weighted by Gasteiger charge is 2.23. The number of aromatic nitrogens is 3. The van der Waals surface area contributed by atoms with Crippen LogP contribution in [0.3, 0.4) is 0 Å². The summed E-state index contributed by atoms with van der Waals surface area (Å²) < 4.78 is 7.11. The Balaban J connectivity index is 1.29. The highest BCUT2D eigenvalue weighted by atomic mass is 16.5. The first-order chi connectivity index (χ1) is 15.6. The van der Waals surface area contributed by atoms with Crippen LogP contribution in [0.25, 0.3) is 0 Å². The SMILES string of the molecule is CCNC(=NCC(O)CN1CCc2ccccc2C1)NC1CCc2nc(COC)nn2C1. The Morgan fingerprint density at radius 3 is 2.97 bits per heavy atom. The topological polar surface area (TPSA) is 99.8 Å². The summed E-state index contributed by atoms with van der Waals surface area (Å²) in [6.45, 7) is 6.86. The van der Waals surface area contributed by atoms with E-state index in [0.29, 0.717) is 19.7 Å². The second-order valence-electron chi connectivity index (χ2n) is 8.57. The molecule has 0 aliphatic carbocycles. The molecule has 1 aromatic heterocycles. The number of rotatable bonds is 8. The van der Waals surface area contributed by atoms with Crippen molar-refractivity contribution in [3.05, 3.63) is 47.0 Å². The Hall–Kier alpha value is -2.49. The van der Waals surface area contributed by atoms with E-state index in [1.807, 2.05) is 11.6 Å². The van der Waals surface area contributed by atoms with Gasteiger partial charge in [-0.2, -0.15) is 5.10 Å². The maximum atomic E-state index is 10.6. The molecular weight excluding hydrogens is 406 g/mol. The van der Waals surface area contributed by atoms with E-state index in [0.717, 1.165) is 63.0 Å². The first-order valence-electron chi connectivity index (χ1n) is 11.6. The summed E-state index contributed by atoms with van der Waals surface area (Å²) in [5.41, 5.74) is 2.79. The third-order valence-corrected chi connectivity index (χ3v) is 6.00. The van der Waals surface area contributed by atoms with Crippen LogP contribution in [-0.4, -0.2) is 76.2 Å². The lowest BCUT2D eigenvalue weighted by molar-refractivity contribution is 0.111. The lowest BCUT2D eigenvalue weighted by atomic mass is 10.00. The van der Waals surface area contributed by atoms with Crippen molar-refractivity contribution in [3.8, 4) is 0 Å². The Bertz CT molecular complexity index is 913. The second-order valence-corrected chi connectivity index (χ2v) is 8.57. The molecule has 0 saturated carbocycles. The van der Waals surface area contributed by atoms with Gasteiger partial charge in [-0.15, -0.1) is 0 Å². The van der Waals surface area contributed by atoms with Gasteiger partial charge in [-0.25, -0.2) is 9.67 Å². The van der Waals surface area contributed by atoms with E-state index in [1.165, 1.54) is 11.1 Å². The predicted octanol–water partition coefficient (Wildman–Crippen LogP) is 0.714. The van der Waals surface area contributed by atoms with Gasteiger partial charge in [-0.05, 0) is 30.9 Å². The van der Waals surface area contributed by atoms with E-state index in [2.05, 4.69) is 54.9 Å². The predicted molar refractivity (Wildman–Crippen MR) is 123 cm³/mol. The Kier molecular flexibility index (Phi) is 7.72. The molecule has 2 unspecified atom stereocenters. The summed E-state index contributed by atoms with van der Waals surface area (Å²) in [4.78, 5) is 11.5. The number of hydrogen-bond acceptors (Lipinski definition) is 6. The van der Waals surface area contributed by atoms with Crippen molar-refractivity contribution in [1.82, 2.24) is 30.3 Å². The number of aliphatic hydroxyl groups is 1. The molecule has 0 saturated heterocycles. The number of benzene rings is 1. The minimum atomic E-state index is -0.499. The fourth-order valence-electron chi connectivity index (χ4n) is 4.44. The highest BCUT2D eigenvalue weighted by molar-refractivity contribution is 5.80. The fraction of sp³-hybridized carbons (Fsp3) is 0.609. The van der Waals surface area contributed by atoms with Gasteiger partial charge in [-0.3, -0.25) is 9.89 Å². The lowest BCUT2D eigenvalue weighted by Gasteiger charge is -2.30. The van der Waals surface area contributed by atoms with Crippen molar-refractivity contribution in [2.24, 2.45) is 4.99 Å². The average molecular weight is 442 g/mol. The van der Waals surface area contributed by atoms with Crippen LogP contribution in [-0.2, 0) is 37.3 Å². The third-order valence-electron chi connectivity index (χ3n) is 6.00. The number of methoxy groups -OCH3 is 1. The van der Waals surface area contributed by atoms with E-state index in [9.17, 15) is 5.11 Å². The van der Waals surface area contributed by atoms with E-state index in [4.69, 9.17) is 4.74 Å². The number of nitrogens with one attached hydrogen (secondary N) is 2. The standard InChI is InChI=1S/C23H35N7O2/c1-3-24-23(26-19-8-9-22-27-21(16-32-2)28-30(22)14-19)25-12-20(31)15-29-11-10-17-6-4-5-7-18(17)13-29/h4-7,19-20,31H,3,8-16H2,1-2H3,(H2,24,25,26). The van der Waals surface area contributed by atoms with Crippen molar-refractivity contribution in [1.29, 1.82) is 0 Å². The molecule has 174 valence electrons. The molecule has 2 aliphatic heterocycles. The van der Waals surface area contributed by atoms with Crippen LogP contribution in [0.2, 0.25) is 0 Å². The van der Waals surface area contributed by atoms with Gasteiger partial charge in [0.1, 0.15) is 12.4 Å². The quantitative estimate of drug-likeness (QED) is 0.410. The highest BCUT2D eigenvalue weighted by Crippen LogP contribution is 2.18. The molecule has 2 aromatic rings. The van der Waals surface area contributed by atoms with Gasteiger partial charge in [0.2, 0.25) is 0 Å². The molecule has 1 aromatic carbocycles. The largest absolute Gasteiger partial charge is 0.390 e. The first kappa shape index (κ1) is 22.7. The first-order valence-corrected chi connectivity index (χ1v) is 11.6. The summed E-state index contributed by atoms with van der Waals surface area (Å²) >= 11 is 0. The molecule has 2 atom stereocenters. The van der Waals surface area contributed by atoms with Crippen LogP contribution in [0.5, 0.6) is 0 Å². The van der Waals surface area contributed by atoms with E-state index in [1.54, 1.807) is 7.11 Å². The molecule has 2 aliphatic rings. The molecule has 9 nitrogen and oxygen atoms in total. The number of guanidine groups is 1. The molecule has 0 fully saturated rings. The van der Waals surface area contributed by atoms with Crippen LogP contribution in [0.15, 0.2) is 29.3 Å². The molecule has 0 bridgehead atoms. The van der Waals surface area contributed by atoms with Gasteiger partial charge < -0.3 is 20.5 Å². The monoisotopic (exact) mass is 441 g/mol. The molecule has 4 rings (SSSR count). The van der Waals surface area contributed by atoms with Gasteiger partial charge in [0.25, 0.3) is 0 Å². The van der Waals surface area contributed by atoms with Gasteiger partial charge in [-0.1, -0.05) is 24.3 Å². The normalized spacial score (nSPS) is 19.8. The van der Waals surface area contributed by atoms with Crippen molar-refractivity contribution < 1.29 is 9.84 Å². The van der Waals surface area contributed by atoms with Gasteiger partial charge in [0.05, 0.1) is 19.2 Å². The molecule has 0 amide bonds. The minimum absolute atomic E-state index is 0.216. The molecule has 32 heavy (non-hydrogen) atoms. The molecule has 3 heterocycles. The maximum absolute atomic E-state index is 10.6. The van der Waals surface area contributed by atoms with Crippen LogP contribution >= 0.6 is 0 Å². The molecule has 0 spiro atoms. The zero-order valence-electron chi connectivity index (χ0n) is 19.1. The van der Waals surface area contributed by atoms with Crippen LogP contribution in [0.1, 0.15) is 36.1 Å².